The van der Waals surface area contributed by atoms with E-state index >= 15 is 0 Å². The highest BCUT2D eigenvalue weighted by molar-refractivity contribution is 7.99. The van der Waals surface area contributed by atoms with Gasteiger partial charge in [-0.2, -0.15) is 0 Å². The van der Waals surface area contributed by atoms with Crippen LogP contribution in [0.5, 0.6) is 0 Å². The molecule has 0 aliphatic carbocycles. The van der Waals surface area contributed by atoms with Crippen molar-refractivity contribution in [1.29, 1.82) is 0 Å². The maximum Gasteiger partial charge on any atom is 0.243 e. The predicted molar refractivity (Wildman–Crippen MR) is 142 cm³/mol. The number of nitrogens with zero attached hydrogens (tertiary/aromatic N) is 1. The highest BCUT2D eigenvalue weighted by Crippen LogP contribution is 2.19. The SMILES string of the molecule is CCNC(=O)C(Cc1ccccc1)N(Cc1cccc(C)c1)C(=O)CSCc1ccc(C)cc1. The van der Waals surface area contributed by atoms with E-state index in [1.165, 1.54) is 11.1 Å². The topological polar surface area (TPSA) is 49.4 Å². The van der Waals surface area contributed by atoms with Crippen LogP contribution in [0.4, 0.5) is 0 Å². The second-order valence-corrected chi connectivity index (χ2v) is 9.57. The Bertz CT molecular complexity index is 1070. The van der Waals surface area contributed by atoms with Crippen molar-refractivity contribution in [3.05, 3.63) is 107 Å². The predicted octanol–water partition coefficient (Wildman–Crippen LogP) is 5.31. The summed E-state index contributed by atoms with van der Waals surface area (Å²) in [5.41, 5.74) is 5.61. The number of nitrogens with one attached hydrogen (secondary N) is 1. The Morgan fingerprint density at radius 2 is 1.56 bits per heavy atom. The minimum absolute atomic E-state index is 0.0224. The number of rotatable bonds is 11. The zero-order valence-corrected chi connectivity index (χ0v) is 21.1. The number of hydrogen-bond donors (Lipinski definition) is 1. The van der Waals surface area contributed by atoms with Gasteiger partial charge in [-0.05, 0) is 37.5 Å². The molecule has 0 aliphatic heterocycles. The largest absolute Gasteiger partial charge is 0.355 e. The number of likely N-dealkylation sites (N-methyl/N-ethyl adjacent to an activating group) is 1. The summed E-state index contributed by atoms with van der Waals surface area (Å²) in [6.07, 6.45) is 0.479. The quantitative estimate of drug-likeness (QED) is 0.410. The van der Waals surface area contributed by atoms with Gasteiger partial charge in [-0.15, -0.1) is 11.8 Å². The van der Waals surface area contributed by atoms with E-state index < -0.39 is 6.04 Å². The summed E-state index contributed by atoms with van der Waals surface area (Å²) in [4.78, 5) is 28.5. The molecule has 0 saturated carbocycles. The molecule has 1 atom stereocenters. The normalized spacial score (nSPS) is 11.6. The first-order valence-corrected chi connectivity index (χ1v) is 12.9. The van der Waals surface area contributed by atoms with Crippen molar-refractivity contribution in [3.8, 4) is 0 Å². The fourth-order valence-electron chi connectivity index (χ4n) is 3.88. The van der Waals surface area contributed by atoms with Crippen molar-refractivity contribution in [3.63, 3.8) is 0 Å². The lowest BCUT2D eigenvalue weighted by molar-refractivity contribution is -0.139. The minimum atomic E-state index is -0.574. The standard InChI is InChI=1S/C29H34N2O2S/c1-4-30-29(33)27(18-24-10-6-5-7-11-24)31(19-26-12-8-9-23(3)17-26)28(32)21-34-20-25-15-13-22(2)14-16-25/h5-17,27H,4,18-21H2,1-3H3,(H,30,33). The fraction of sp³-hybridized carbons (Fsp3) is 0.310. The summed E-state index contributed by atoms with van der Waals surface area (Å²) >= 11 is 1.59. The first kappa shape index (κ1) is 25.6. The van der Waals surface area contributed by atoms with Crippen LogP contribution in [0.15, 0.2) is 78.9 Å². The molecule has 1 unspecified atom stereocenters. The van der Waals surface area contributed by atoms with Gasteiger partial charge in [0, 0.05) is 25.3 Å². The number of carbonyl (C=O) groups excluding carboxylic acids is 2. The zero-order chi connectivity index (χ0) is 24.3. The Hall–Kier alpha value is -3.05. The van der Waals surface area contributed by atoms with Gasteiger partial charge in [0.1, 0.15) is 6.04 Å². The third kappa shape index (κ3) is 7.77. The second kappa shape index (κ2) is 13.0. The number of thioether (sulfide) groups is 1. The molecular weight excluding hydrogens is 440 g/mol. The van der Waals surface area contributed by atoms with E-state index in [1.54, 1.807) is 16.7 Å². The molecule has 0 aromatic heterocycles. The molecule has 4 nitrogen and oxygen atoms in total. The van der Waals surface area contributed by atoms with Crippen LogP contribution in [-0.4, -0.2) is 35.1 Å². The molecule has 5 heteroatoms. The van der Waals surface area contributed by atoms with Crippen LogP contribution in [0.25, 0.3) is 0 Å². The van der Waals surface area contributed by atoms with Gasteiger partial charge in [-0.1, -0.05) is 90.0 Å². The molecular formula is C29H34N2O2S. The van der Waals surface area contributed by atoms with Crippen LogP contribution in [0.2, 0.25) is 0 Å². The summed E-state index contributed by atoms with van der Waals surface area (Å²) in [6, 6.07) is 25.9. The lowest BCUT2D eigenvalue weighted by atomic mass is 10.0. The third-order valence-electron chi connectivity index (χ3n) is 5.67. The molecule has 0 radical (unpaired) electrons. The van der Waals surface area contributed by atoms with Gasteiger partial charge in [0.15, 0.2) is 0 Å². The van der Waals surface area contributed by atoms with Crippen LogP contribution in [-0.2, 0) is 28.3 Å². The van der Waals surface area contributed by atoms with Crippen LogP contribution < -0.4 is 5.32 Å². The van der Waals surface area contributed by atoms with Crippen LogP contribution in [0.3, 0.4) is 0 Å². The Kier molecular flexibility index (Phi) is 9.77. The number of benzene rings is 3. The van der Waals surface area contributed by atoms with Gasteiger partial charge >= 0.3 is 0 Å². The molecule has 0 aliphatic rings. The Balaban J connectivity index is 1.81. The highest BCUT2D eigenvalue weighted by Gasteiger charge is 2.30. The number of hydrogen-bond acceptors (Lipinski definition) is 3. The smallest absolute Gasteiger partial charge is 0.243 e. The number of aryl methyl sites for hydroxylation is 2. The van der Waals surface area contributed by atoms with Crippen molar-refractivity contribution in [2.24, 2.45) is 0 Å². The van der Waals surface area contributed by atoms with Crippen molar-refractivity contribution in [2.75, 3.05) is 12.3 Å². The fourth-order valence-corrected chi connectivity index (χ4v) is 4.75. The molecule has 0 saturated heterocycles. The maximum atomic E-state index is 13.5. The molecule has 0 spiro atoms. The average molecular weight is 475 g/mol. The number of amides is 2. The third-order valence-corrected chi connectivity index (χ3v) is 6.66. The summed E-state index contributed by atoms with van der Waals surface area (Å²) in [7, 11) is 0. The first-order valence-electron chi connectivity index (χ1n) is 11.8. The Labute approximate surface area is 207 Å². The van der Waals surface area contributed by atoms with Gasteiger partial charge in [-0.25, -0.2) is 0 Å². The van der Waals surface area contributed by atoms with E-state index in [-0.39, 0.29) is 11.8 Å². The zero-order valence-electron chi connectivity index (χ0n) is 20.3. The molecule has 0 bridgehead atoms. The highest BCUT2D eigenvalue weighted by atomic mass is 32.2. The average Bonchev–Trinajstić information content (AvgIpc) is 2.83. The van der Waals surface area contributed by atoms with Gasteiger partial charge < -0.3 is 10.2 Å². The molecule has 3 aromatic rings. The van der Waals surface area contributed by atoms with E-state index in [0.717, 1.165) is 22.4 Å². The molecule has 2 amide bonds. The molecule has 3 rings (SSSR count). The van der Waals surface area contributed by atoms with Gasteiger partial charge in [0.05, 0.1) is 5.75 Å². The van der Waals surface area contributed by atoms with E-state index in [0.29, 0.717) is 25.3 Å². The Morgan fingerprint density at radius 3 is 2.24 bits per heavy atom. The maximum absolute atomic E-state index is 13.5. The molecule has 0 fully saturated rings. The van der Waals surface area contributed by atoms with Gasteiger partial charge in [0.2, 0.25) is 11.8 Å². The molecule has 0 heterocycles. The first-order chi connectivity index (χ1) is 16.5. The summed E-state index contributed by atoms with van der Waals surface area (Å²) in [6.45, 7) is 6.94. The summed E-state index contributed by atoms with van der Waals surface area (Å²) in [5.74, 6) is 0.945. The molecule has 34 heavy (non-hydrogen) atoms. The van der Waals surface area contributed by atoms with E-state index in [2.05, 4.69) is 42.6 Å². The van der Waals surface area contributed by atoms with E-state index in [4.69, 9.17) is 0 Å². The second-order valence-electron chi connectivity index (χ2n) is 8.59. The van der Waals surface area contributed by atoms with Gasteiger partial charge in [0.25, 0.3) is 0 Å². The molecule has 1 N–H and O–H groups in total. The molecule has 178 valence electrons. The van der Waals surface area contributed by atoms with E-state index in [1.807, 2.05) is 62.4 Å². The van der Waals surface area contributed by atoms with Crippen LogP contribution >= 0.6 is 11.8 Å². The summed E-state index contributed by atoms with van der Waals surface area (Å²) < 4.78 is 0. The number of carbonyl (C=O) groups is 2. The van der Waals surface area contributed by atoms with Gasteiger partial charge in [-0.3, -0.25) is 9.59 Å². The Morgan fingerprint density at radius 1 is 0.853 bits per heavy atom. The minimum Gasteiger partial charge on any atom is -0.355 e. The van der Waals surface area contributed by atoms with Crippen molar-refractivity contribution >= 4 is 23.6 Å². The monoisotopic (exact) mass is 474 g/mol. The van der Waals surface area contributed by atoms with Crippen molar-refractivity contribution < 1.29 is 9.59 Å². The molecule has 3 aromatic carbocycles. The lowest BCUT2D eigenvalue weighted by Gasteiger charge is -2.31. The van der Waals surface area contributed by atoms with Crippen molar-refractivity contribution in [1.82, 2.24) is 10.2 Å². The lowest BCUT2D eigenvalue weighted by Crippen LogP contribution is -2.51. The van der Waals surface area contributed by atoms with Crippen LogP contribution in [0, 0.1) is 13.8 Å². The summed E-state index contributed by atoms with van der Waals surface area (Å²) in [5, 5.41) is 2.95. The van der Waals surface area contributed by atoms with Crippen LogP contribution in [0.1, 0.15) is 34.7 Å². The van der Waals surface area contributed by atoms with Crippen molar-refractivity contribution in [2.45, 2.75) is 45.5 Å². The van der Waals surface area contributed by atoms with E-state index in [9.17, 15) is 9.59 Å².